The molecule has 1 saturated heterocycles. The van der Waals surface area contributed by atoms with Gasteiger partial charge in [-0.25, -0.2) is 30.3 Å². The molecule has 1 unspecified atom stereocenters. The molecule has 7 nitrogen and oxygen atoms in total. The minimum absolute atomic E-state index is 0.0497. The van der Waals surface area contributed by atoms with Crippen LogP contribution in [-0.2, 0) is 30.8 Å². The van der Waals surface area contributed by atoms with Crippen LogP contribution in [-0.4, -0.2) is 34.7 Å². The van der Waals surface area contributed by atoms with Crippen molar-refractivity contribution in [2.24, 2.45) is 17.6 Å². The first-order valence-electron chi connectivity index (χ1n) is 12.1. The van der Waals surface area contributed by atoms with Crippen molar-refractivity contribution in [3.63, 3.8) is 0 Å². The molecule has 5 rings (SSSR count). The van der Waals surface area contributed by atoms with Gasteiger partial charge in [-0.2, -0.15) is 13.2 Å². The van der Waals surface area contributed by atoms with Crippen molar-refractivity contribution in [3.8, 4) is 5.75 Å². The number of rotatable bonds is 4. The lowest BCUT2D eigenvalue weighted by Crippen LogP contribution is -2.63. The Bertz CT molecular complexity index is 1540. The average Bonchev–Trinajstić information content (AvgIpc) is 2.85. The first kappa shape index (κ1) is 27.8. The first-order chi connectivity index (χ1) is 18.1. The average molecular weight is 593 g/mol. The third-order valence-electron chi connectivity index (χ3n) is 8.10. The van der Waals surface area contributed by atoms with Gasteiger partial charge in [-0.05, 0) is 61.6 Å². The number of fused-ring (bicyclic) bond motifs is 5. The summed E-state index contributed by atoms with van der Waals surface area (Å²) in [6.07, 6.45) is -5.25. The minimum atomic E-state index is -4.72. The van der Waals surface area contributed by atoms with E-state index in [1.807, 2.05) is 0 Å². The molecule has 0 amide bonds. The van der Waals surface area contributed by atoms with Crippen molar-refractivity contribution in [2.75, 3.05) is 6.61 Å². The fourth-order valence-corrected chi connectivity index (χ4v) is 10.6. The molecule has 1 aliphatic carbocycles. The Morgan fingerprint density at radius 3 is 2.38 bits per heavy atom. The van der Waals surface area contributed by atoms with Crippen LogP contribution in [0.2, 0.25) is 0 Å². The van der Waals surface area contributed by atoms with Crippen LogP contribution in [0.15, 0.2) is 53.6 Å². The van der Waals surface area contributed by atoms with Crippen molar-refractivity contribution in [1.82, 2.24) is 4.72 Å². The van der Waals surface area contributed by atoms with Crippen molar-refractivity contribution < 1.29 is 43.5 Å². The Morgan fingerprint density at radius 2 is 1.77 bits per heavy atom. The van der Waals surface area contributed by atoms with E-state index >= 15 is 4.39 Å². The zero-order chi connectivity index (χ0) is 28.5. The summed E-state index contributed by atoms with van der Waals surface area (Å²) in [5.41, 5.74) is 4.17. The second-order valence-electron chi connectivity index (χ2n) is 10.3. The maximum atomic E-state index is 15.5. The molecule has 0 bridgehead atoms. The second-order valence-corrected chi connectivity index (χ2v) is 14.5. The van der Waals surface area contributed by atoms with Gasteiger partial charge < -0.3 is 10.5 Å². The summed E-state index contributed by atoms with van der Waals surface area (Å²) in [7, 11) is -8.54. The third kappa shape index (κ3) is 4.31. The molecule has 5 atom stereocenters. The summed E-state index contributed by atoms with van der Waals surface area (Å²) in [6.45, 7) is 3.18. The van der Waals surface area contributed by atoms with E-state index in [0.29, 0.717) is 12.1 Å². The van der Waals surface area contributed by atoms with E-state index in [1.54, 1.807) is 0 Å². The van der Waals surface area contributed by atoms with E-state index in [1.165, 1.54) is 0 Å². The predicted octanol–water partition coefficient (Wildman–Crippen LogP) is 3.99. The number of hydrogen-bond acceptors (Lipinski definition) is 6. The Hall–Kier alpha value is -2.71. The standard InChI is InChI=1S/C25H25F5N2O5S2/c1-13(31)10-16-11-17-18-12-37-23-20(27)7-6-19(26)22(23)24(18,9-8-21(17)32-39(16,35)36)38(33,34)15-4-2-14(3-5-15)25(28,29)30/h2-7,16-18,21,32H,1,8-12,31H2/t16-,17?,18+,21-,24+/m1/s1. The van der Waals surface area contributed by atoms with Crippen LogP contribution in [0.3, 0.4) is 0 Å². The van der Waals surface area contributed by atoms with Gasteiger partial charge in [0.25, 0.3) is 0 Å². The summed E-state index contributed by atoms with van der Waals surface area (Å²) in [5, 5.41) is -1.06. The topological polar surface area (TPSA) is 116 Å². The molecule has 1 saturated carbocycles. The van der Waals surface area contributed by atoms with E-state index < -0.39 is 87.3 Å². The van der Waals surface area contributed by atoms with E-state index in [-0.39, 0.29) is 38.0 Å². The fourth-order valence-electron chi connectivity index (χ4n) is 6.41. The molecule has 2 aromatic carbocycles. The molecule has 3 N–H and O–H groups in total. The molecule has 14 heteroatoms. The Balaban J connectivity index is 1.70. The van der Waals surface area contributed by atoms with Crippen LogP contribution >= 0.6 is 0 Å². The molecule has 212 valence electrons. The number of halogens is 5. The maximum Gasteiger partial charge on any atom is 0.416 e. The van der Waals surface area contributed by atoms with Gasteiger partial charge in [0.1, 0.15) is 10.6 Å². The summed E-state index contributed by atoms with van der Waals surface area (Å²) in [5.74, 6) is -4.39. The van der Waals surface area contributed by atoms with E-state index in [0.717, 1.165) is 24.3 Å². The van der Waals surface area contributed by atoms with Crippen LogP contribution in [0.4, 0.5) is 22.0 Å². The minimum Gasteiger partial charge on any atom is -0.490 e. The molecule has 0 radical (unpaired) electrons. The molecule has 2 aliphatic heterocycles. The Labute approximate surface area is 222 Å². The summed E-state index contributed by atoms with van der Waals surface area (Å²) >= 11 is 0. The maximum absolute atomic E-state index is 15.5. The summed E-state index contributed by atoms with van der Waals surface area (Å²) < 4.78 is 131. The van der Waals surface area contributed by atoms with Crippen molar-refractivity contribution >= 4 is 19.9 Å². The molecule has 2 heterocycles. The highest BCUT2D eigenvalue weighted by Gasteiger charge is 2.64. The third-order valence-corrected chi connectivity index (χ3v) is 12.5. The van der Waals surface area contributed by atoms with Crippen LogP contribution in [0.5, 0.6) is 5.75 Å². The SMILES string of the molecule is C=C(N)C[C@@H]1CC2[C@@H](CC[C@@]3(S(=O)(=O)c4ccc(C(F)(F)F)cc4)c4c(F)ccc(F)c4OC[C@@H]23)NS1(=O)=O. The Morgan fingerprint density at radius 1 is 1.13 bits per heavy atom. The van der Waals surface area contributed by atoms with Gasteiger partial charge in [0, 0.05) is 24.1 Å². The van der Waals surface area contributed by atoms with Crippen molar-refractivity contribution in [1.29, 1.82) is 0 Å². The van der Waals surface area contributed by atoms with Gasteiger partial charge >= 0.3 is 6.18 Å². The molecule has 3 aliphatic rings. The van der Waals surface area contributed by atoms with Crippen LogP contribution in [0, 0.1) is 23.5 Å². The Kier molecular flexibility index (Phi) is 6.54. The second kappa shape index (κ2) is 9.16. The van der Waals surface area contributed by atoms with Gasteiger partial charge in [0.15, 0.2) is 21.4 Å². The smallest absolute Gasteiger partial charge is 0.416 e. The number of nitrogens with two attached hydrogens (primary N) is 1. The van der Waals surface area contributed by atoms with Crippen molar-refractivity contribution in [3.05, 3.63) is 71.4 Å². The van der Waals surface area contributed by atoms with Gasteiger partial charge in [0.2, 0.25) is 10.0 Å². The largest absolute Gasteiger partial charge is 0.490 e. The van der Waals surface area contributed by atoms with Crippen molar-refractivity contribution in [2.45, 2.75) is 52.8 Å². The molecule has 2 aromatic rings. The summed E-state index contributed by atoms with van der Waals surface area (Å²) in [4.78, 5) is -0.501. The van der Waals surface area contributed by atoms with E-state index in [4.69, 9.17) is 10.5 Å². The number of sulfonamides is 1. The molecule has 39 heavy (non-hydrogen) atoms. The lowest BCUT2D eigenvalue weighted by atomic mass is 9.64. The number of sulfone groups is 1. The molecule has 0 spiro atoms. The predicted molar refractivity (Wildman–Crippen MR) is 131 cm³/mol. The van der Waals surface area contributed by atoms with Gasteiger partial charge in [-0.15, -0.1) is 0 Å². The van der Waals surface area contributed by atoms with E-state index in [9.17, 15) is 34.4 Å². The van der Waals surface area contributed by atoms with Gasteiger partial charge in [-0.1, -0.05) is 6.58 Å². The van der Waals surface area contributed by atoms with Crippen LogP contribution in [0.1, 0.15) is 36.8 Å². The molecular formula is C25H25F5N2O5S2. The van der Waals surface area contributed by atoms with Crippen LogP contribution in [0.25, 0.3) is 0 Å². The van der Waals surface area contributed by atoms with Gasteiger partial charge in [-0.3, -0.25) is 0 Å². The number of allylic oxidation sites excluding steroid dienone is 1. The number of benzene rings is 2. The highest BCUT2D eigenvalue weighted by atomic mass is 32.2. The zero-order valence-corrected chi connectivity index (χ0v) is 22.0. The van der Waals surface area contributed by atoms with Crippen LogP contribution < -0.4 is 15.2 Å². The number of hydrogen-bond donors (Lipinski definition) is 2. The normalized spacial score (nSPS) is 29.9. The first-order valence-corrected chi connectivity index (χ1v) is 15.1. The fraction of sp³-hybridized carbons (Fsp3) is 0.440. The highest BCUT2D eigenvalue weighted by Crippen LogP contribution is 2.59. The molecule has 2 fully saturated rings. The molecular weight excluding hydrogens is 567 g/mol. The number of nitrogens with one attached hydrogen (secondary N) is 1. The van der Waals surface area contributed by atoms with E-state index in [2.05, 4.69) is 11.3 Å². The quantitative estimate of drug-likeness (QED) is 0.519. The lowest BCUT2D eigenvalue weighted by Gasteiger charge is -2.54. The van der Waals surface area contributed by atoms with Gasteiger partial charge in [0.05, 0.1) is 27.9 Å². The number of ether oxygens (including phenoxy) is 1. The zero-order valence-electron chi connectivity index (χ0n) is 20.3. The lowest BCUT2D eigenvalue weighted by molar-refractivity contribution is -0.137. The summed E-state index contributed by atoms with van der Waals surface area (Å²) in [6, 6.07) is 3.69. The highest BCUT2D eigenvalue weighted by molar-refractivity contribution is 7.92. The monoisotopic (exact) mass is 592 g/mol. The molecule has 0 aromatic heterocycles. The number of alkyl halides is 3.